The number of rotatable bonds is 20. The van der Waals surface area contributed by atoms with Gasteiger partial charge in [-0.15, -0.1) is 0 Å². The maximum Gasteiger partial charge on any atom is 0.412 e. The van der Waals surface area contributed by atoms with E-state index < -0.39 is 30.3 Å². The van der Waals surface area contributed by atoms with Gasteiger partial charge in [0.1, 0.15) is 17.3 Å². The number of anilines is 2. The highest BCUT2D eigenvalue weighted by Crippen LogP contribution is 2.41. The first-order valence-electron chi connectivity index (χ1n) is 20.0. The van der Waals surface area contributed by atoms with E-state index in [4.69, 9.17) is 16.0 Å². The van der Waals surface area contributed by atoms with Crippen molar-refractivity contribution >= 4 is 47.4 Å². The zero-order chi connectivity index (χ0) is 42.0. The van der Waals surface area contributed by atoms with Crippen LogP contribution in [0.15, 0.2) is 54.6 Å². The molecule has 0 aromatic heterocycles. The number of carboxylic acid groups (broad SMARTS) is 1. The van der Waals surface area contributed by atoms with Gasteiger partial charge in [-0.3, -0.25) is 9.62 Å². The predicted molar refractivity (Wildman–Crippen MR) is 231 cm³/mol. The highest BCUT2D eigenvalue weighted by Gasteiger charge is 2.39. The number of likely N-dealkylation sites (tertiary alicyclic amines) is 1. The van der Waals surface area contributed by atoms with Gasteiger partial charge in [0.25, 0.3) is 0 Å². The second-order valence-corrected chi connectivity index (χ2v) is 23.7. The first kappa shape index (κ1) is 46.3. The van der Waals surface area contributed by atoms with E-state index in [1.165, 1.54) is 54.1 Å². The number of aromatic hydroxyl groups is 2. The molecule has 57 heavy (non-hydrogen) atoms. The highest BCUT2D eigenvalue weighted by molar-refractivity contribution is 7.92. The zero-order valence-corrected chi connectivity index (χ0v) is 36.9. The summed E-state index contributed by atoms with van der Waals surface area (Å²) in [6.45, 7) is 14.9. The SMILES string of the molecule is CC(C)(C)[Si](C)(C)O[C@H](CNCCCCCCCCCN1CCC(N(C(=O)O)c2ccc(F)cc2-c2ccc(O)c(Cl)c2)CC1)c1ccc(O)c(NS(C)(=O)=O)c1. The molecule has 11 nitrogen and oxygen atoms in total. The van der Waals surface area contributed by atoms with Crippen molar-refractivity contribution in [2.45, 2.75) is 109 Å². The first-order chi connectivity index (χ1) is 26.8. The second-order valence-electron chi connectivity index (χ2n) is 16.7. The molecule has 0 spiro atoms. The third kappa shape index (κ3) is 13.9. The molecular formula is C42H62ClFN4O7SSi. The number of phenolic OH excluding ortho intramolecular Hbond substituents is 2. The Morgan fingerprint density at radius 3 is 2.21 bits per heavy atom. The maximum absolute atomic E-state index is 14.4. The van der Waals surface area contributed by atoms with Crippen LogP contribution in [0.3, 0.4) is 0 Å². The monoisotopic (exact) mass is 848 g/mol. The van der Waals surface area contributed by atoms with Gasteiger partial charge in [-0.1, -0.05) is 76.6 Å². The standard InChI is InChI=1S/C42H62ClFN4O7SSi/c1-42(2,3)57(5,6)55-40(31-15-19-39(50)36(27-31)46-56(4,53)54)29-45-22-12-10-8-7-9-11-13-23-47-24-20-33(21-25-47)48(41(51)52)37-17-16-32(44)28-34(37)30-14-18-38(49)35(43)26-30/h14-19,26-28,33,40,45-46,49-50H,7-13,20-25,29H2,1-6H3,(H,51,52)/t40-/m1/s1. The molecule has 15 heteroatoms. The fourth-order valence-electron chi connectivity index (χ4n) is 6.98. The molecule has 0 radical (unpaired) electrons. The number of carbonyl (C=O) groups is 1. The summed E-state index contributed by atoms with van der Waals surface area (Å²) in [5.41, 5.74) is 2.28. The summed E-state index contributed by atoms with van der Waals surface area (Å²) >= 11 is 6.13. The molecule has 1 atom stereocenters. The van der Waals surface area contributed by atoms with Crippen molar-refractivity contribution in [3.05, 3.63) is 71.0 Å². The molecule has 0 saturated carbocycles. The molecule has 1 aliphatic rings. The molecule has 0 aliphatic carbocycles. The van der Waals surface area contributed by atoms with Gasteiger partial charge in [0, 0.05) is 31.2 Å². The van der Waals surface area contributed by atoms with Gasteiger partial charge in [0.15, 0.2) is 8.32 Å². The molecule has 1 saturated heterocycles. The van der Waals surface area contributed by atoms with E-state index in [0.29, 0.717) is 36.2 Å². The lowest BCUT2D eigenvalue weighted by atomic mass is 9.98. The smallest absolute Gasteiger partial charge is 0.412 e. The van der Waals surface area contributed by atoms with Crippen molar-refractivity contribution in [1.29, 1.82) is 0 Å². The minimum absolute atomic E-state index is 0.0130. The molecular weight excluding hydrogens is 787 g/mol. The molecule has 1 heterocycles. The Morgan fingerprint density at radius 1 is 0.965 bits per heavy atom. The Labute approximate surface area is 344 Å². The van der Waals surface area contributed by atoms with E-state index in [9.17, 15) is 32.9 Å². The Morgan fingerprint density at radius 2 is 1.60 bits per heavy atom. The maximum atomic E-state index is 14.4. The van der Waals surface area contributed by atoms with Crippen LogP contribution < -0.4 is 14.9 Å². The lowest BCUT2D eigenvalue weighted by molar-refractivity contribution is 0.179. The van der Waals surface area contributed by atoms with E-state index in [0.717, 1.165) is 70.1 Å². The van der Waals surface area contributed by atoms with Crippen LogP contribution in [0.2, 0.25) is 23.2 Å². The molecule has 1 fully saturated rings. The number of hydrogen-bond acceptors (Lipinski definition) is 8. The van der Waals surface area contributed by atoms with E-state index in [2.05, 4.69) is 48.8 Å². The van der Waals surface area contributed by atoms with Crippen molar-refractivity contribution in [2.75, 3.05) is 48.6 Å². The third-order valence-electron chi connectivity index (χ3n) is 11.2. The van der Waals surface area contributed by atoms with Crippen LogP contribution in [-0.2, 0) is 14.4 Å². The molecule has 0 unspecified atom stereocenters. The number of unbranched alkanes of at least 4 members (excludes halogenated alkanes) is 6. The summed E-state index contributed by atoms with van der Waals surface area (Å²) in [6.07, 6.45) is 8.89. The number of phenols is 2. The van der Waals surface area contributed by atoms with Gasteiger partial charge >= 0.3 is 6.09 Å². The van der Waals surface area contributed by atoms with Gasteiger partial charge in [-0.2, -0.15) is 0 Å². The minimum Gasteiger partial charge on any atom is -0.506 e. The van der Waals surface area contributed by atoms with Crippen LogP contribution >= 0.6 is 11.6 Å². The van der Waals surface area contributed by atoms with Gasteiger partial charge in [0.05, 0.1) is 28.8 Å². The fourth-order valence-corrected chi connectivity index (χ4v) is 9.01. The summed E-state index contributed by atoms with van der Waals surface area (Å²) in [5.74, 6) is -0.721. The lowest BCUT2D eigenvalue weighted by Gasteiger charge is -2.39. The van der Waals surface area contributed by atoms with E-state index in [-0.39, 0.29) is 39.4 Å². The van der Waals surface area contributed by atoms with Gasteiger partial charge in [-0.05, 0) is 110 Å². The summed E-state index contributed by atoms with van der Waals surface area (Å²) in [7, 11) is -5.73. The van der Waals surface area contributed by atoms with Crippen molar-refractivity contribution in [1.82, 2.24) is 10.2 Å². The van der Waals surface area contributed by atoms with Crippen LogP contribution in [0.1, 0.15) is 90.2 Å². The van der Waals surface area contributed by atoms with Crippen LogP contribution in [0, 0.1) is 5.82 Å². The van der Waals surface area contributed by atoms with E-state index >= 15 is 0 Å². The second kappa shape index (κ2) is 20.5. The van der Waals surface area contributed by atoms with Crippen molar-refractivity contribution in [2.24, 2.45) is 0 Å². The summed E-state index contributed by atoms with van der Waals surface area (Å²) in [6, 6.07) is 13.3. The Bertz CT molecular complexity index is 1910. The molecule has 3 aromatic carbocycles. The van der Waals surface area contributed by atoms with Crippen LogP contribution in [0.4, 0.5) is 20.6 Å². The number of nitrogens with zero attached hydrogens (tertiary/aromatic N) is 2. The van der Waals surface area contributed by atoms with Crippen molar-refractivity contribution in [3.8, 4) is 22.6 Å². The number of amides is 1. The summed E-state index contributed by atoms with van der Waals surface area (Å²) in [5, 5.41) is 34.1. The minimum atomic E-state index is -3.56. The molecule has 1 aliphatic heterocycles. The van der Waals surface area contributed by atoms with E-state index in [1.807, 2.05) is 0 Å². The molecule has 3 aromatic rings. The molecule has 316 valence electrons. The van der Waals surface area contributed by atoms with E-state index in [1.54, 1.807) is 18.2 Å². The summed E-state index contributed by atoms with van der Waals surface area (Å²) < 4.78 is 47.3. The van der Waals surface area contributed by atoms with Crippen LogP contribution in [0.5, 0.6) is 11.5 Å². The average Bonchev–Trinajstić information content (AvgIpc) is 3.12. The van der Waals surface area contributed by atoms with Gasteiger partial charge < -0.3 is 30.0 Å². The van der Waals surface area contributed by atoms with Crippen molar-refractivity contribution < 1.29 is 37.3 Å². The highest BCUT2D eigenvalue weighted by atomic mass is 35.5. The Hall–Kier alpha value is -3.40. The Balaban J connectivity index is 1.16. The largest absolute Gasteiger partial charge is 0.506 e. The average molecular weight is 850 g/mol. The molecule has 5 N–H and O–H groups in total. The number of sulfonamides is 1. The number of benzene rings is 3. The molecule has 4 rings (SSSR count). The van der Waals surface area contributed by atoms with Crippen LogP contribution in [-0.4, -0.2) is 88.1 Å². The first-order valence-corrected chi connectivity index (χ1v) is 25.2. The Kier molecular flexibility index (Phi) is 16.7. The van der Waals surface area contributed by atoms with Crippen molar-refractivity contribution in [3.63, 3.8) is 0 Å². The van der Waals surface area contributed by atoms with Gasteiger partial charge in [-0.25, -0.2) is 17.6 Å². The van der Waals surface area contributed by atoms with Crippen LogP contribution in [0.25, 0.3) is 11.1 Å². The third-order valence-corrected chi connectivity index (χ3v) is 16.6. The number of nitrogens with one attached hydrogen (secondary N) is 2. The normalized spacial score (nSPS) is 15.1. The molecule has 0 bridgehead atoms. The zero-order valence-electron chi connectivity index (χ0n) is 34.3. The van der Waals surface area contributed by atoms with Gasteiger partial charge in [0.2, 0.25) is 10.0 Å². The number of piperidine rings is 1. The predicted octanol–water partition coefficient (Wildman–Crippen LogP) is 9.96. The number of hydrogen-bond donors (Lipinski definition) is 5. The quantitative estimate of drug-likeness (QED) is 0.0425. The number of halogens is 2. The lowest BCUT2D eigenvalue weighted by Crippen LogP contribution is -2.47. The summed E-state index contributed by atoms with van der Waals surface area (Å²) in [4.78, 5) is 16.3. The fraction of sp³-hybridized carbons (Fsp3) is 0.548. The topological polar surface area (TPSA) is 152 Å². The molecule has 1 amide bonds.